The van der Waals surface area contributed by atoms with Gasteiger partial charge < -0.3 is 14.8 Å². The number of rotatable bonds is 5. The number of nitrogens with one attached hydrogen (secondary N) is 1. The summed E-state index contributed by atoms with van der Waals surface area (Å²) < 4.78 is 11.5. The quantitative estimate of drug-likeness (QED) is 0.717. The van der Waals surface area contributed by atoms with E-state index >= 15 is 0 Å². The first-order valence-electron chi connectivity index (χ1n) is 7.45. The van der Waals surface area contributed by atoms with E-state index in [1.54, 1.807) is 19.2 Å². The van der Waals surface area contributed by atoms with E-state index in [1.807, 2.05) is 32.9 Å². The fourth-order valence-electron chi connectivity index (χ4n) is 2.42. The van der Waals surface area contributed by atoms with Crippen LogP contribution in [0.3, 0.4) is 0 Å². The van der Waals surface area contributed by atoms with E-state index < -0.39 is 0 Å². The minimum absolute atomic E-state index is 0.270. The van der Waals surface area contributed by atoms with Gasteiger partial charge in [0.2, 0.25) is 0 Å². The van der Waals surface area contributed by atoms with E-state index in [1.165, 1.54) is 0 Å². The maximum Gasteiger partial charge on any atom is 0.255 e. The van der Waals surface area contributed by atoms with Crippen molar-refractivity contribution < 1.29 is 14.3 Å². The van der Waals surface area contributed by atoms with Gasteiger partial charge in [-0.15, -0.1) is 0 Å². The zero-order chi connectivity index (χ0) is 17.9. The molecule has 0 aliphatic carbocycles. The first-order valence-corrected chi connectivity index (χ1v) is 8.62. The van der Waals surface area contributed by atoms with Crippen molar-refractivity contribution in [1.82, 2.24) is 0 Å². The number of hydrogen-bond donors (Lipinski definition) is 1. The van der Waals surface area contributed by atoms with Crippen molar-refractivity contribution in [2.45, 2.75) is 20.8 Å². The average Bonchev–Trinajstić information content (AvgIpc) is 2.50. The van der Waals surface area contributed by atoms with Gasteiger partial charge in [-0.05, 0) is 66.0 Å². The van der Waals surface area contributed by atoms with Gasteiger partial charge in [0.25, 0.3) is 5.91 Å². The Labute approximate surface area is 155 Å². The van der Waals surface area contributed by atoms with Crippen LogP contribution >= 0.6 is 27.5 Å². The Hall–Kier alpha value is -1.72. The highest BCUT2D eigenvalue weighted by atomic mass is 79.9. The number of methoxy groups -OCH3 is 1. The zero-order valence-electron chi connectivity index (χ0n) is 14.0. The molecule has 0 unspecified atom stereocenters. The number of aryl methyl sites for hydroxylation is 2. The van der Waals surface area contributed by atoms with Crippen molar-refractivity contribution in [3.05, 3.63) is 50.5 Å². The van der Waals surface area contributed by atoms with Crippen LogP contribution in [0.2, 0.25) is 5.02 Å². The summed E-state index contributed by atoms with van der Waals surface area (Å²) in [6.07, 6.45) is 0. The molecule has 4 nitrogen and oxygen atoms in total. The van der Waals surface area contributed by atoms with Crippen LogP contribution in [0.5, 0.6) is 11.5 Å². The summed E-state index contributed by atoms with van der Waals surface area (Å²) in [4.78, 5) is 12.6. The lowest BCUT2D eigenvalue weighted by Gasteiger charge is -2.15. The molecule has 0 saturated carbocycles. The molecule has 6 heteroatoms. The third-order valence-electron chi connectivity index (χ3n) is 3.45. The molecule has 2 rings (SSSR count). The predicted octanol–water partition coefficient (Wildman–Crippen LogP) is 5.38. The number of anilines is 1. The van der Waals surface area contributed by atoms with Gasteiger partial charge in [-0.1, -0.05) is 17.7 Å². The lowest BCUT2D eigenvalue weighted by Crippen LogP contribution is -2.14. The van der Waals surface area contributed by atoms with Crippen LogP contribution in [0.1, 0.15) is 28.4 Å². The third kappa shape index (κ3) is 4.02. The lowest BCUT2D eigenvalue weighted by molar-refractivity contribution is 0.102. The summed E-state index contributed by atoms with van der Waals surface area (Å²) in [5, 5.41) is 3.38. The second-order valence-electron chi connectivity index (χ2n) is 5.32. The van der Waals surface area contributed by atoms with Gasteiger partial charge in [0.1, 0.15) is 0 Å². The van der Waals surface area contributed by atoms with Gasteiger partial charge in [-0.25, -0.2) is 0 Å². The molecule has 0 saturated heterocycles. The molecule has 2 aromatic carbocycles. The molecule has 0 fully saturated rings. The van der Waals surface area contributed by atoms with Crippen LogP contribution in [0, 0.1) is 13.8 Å². The molecule has 0 radical (unpaired) electrons. The summed E-state index contributed by atoms with van der Waals surface area (Å²) in [5.41, 5.74) is 3.01. The summed E-state index contributed by atoms with van der Waals surface area (Å²) in [6.45, 7) is 6.20. The smallest absolute Gasteiger partial charge is 0.255 e. The summed E-state index contributed by atoms with van der Waals surface area (Å²) >= 11 is 9.67. The highest BCUT2D eigenvalue weighted by Crippen LogP contribution is 2.37. The van der Waals surface area contributed by atoms with Crippen molar-refractivity contribution >= 4 is 39.1 Å². The molecule has 0 heterocycles. The summed E-state index contributed by atoms with van der Waals surface area (Å²) in [6, 6.07) is 7.13. The van der Waals surface area contributed by atoms with Crippen molar-refractivity contribution in [3.8, 4) is 11.5 Å². The third-order valence-corrected chi connectivity index (χ3v) is 4.33. The maximum atomic E-state index is 12.6. The average molecular weight is 413 g/mol. The van der Waals surface area contributed by atoms with Crippen LogP contribution in [0.25, 0.3) is 0 Å². The molecule has 24 heavy (non-hydrogen) atoms. The number of carbonyl (C=O) groups is 1. The number of hydrogen-bond acceptors (Lipinski definition) is 3. The van der Waals surface area contributed by atoms with Gasteiger partial charge in [-0.3, -0.25) is 4.79 Å². The van der Waals surface area contributed by atoms with Crippen LogP contribution in [-0.2, 0) is 0 Å². The maximum absolute atomic E-state index is 12.6. The van der Waals surface area contributed by atoms with Gasteiger partial charge in [0.05, 0.1) is 28.9 Å². The molecular formula is C18H19BrClNO3. The van der Waals surface area contributed by atoms with Crippen LogP contribution in [0.4, 0.5) is 5.69 Å². The van der Waals surface area contributed by atoms with Gasteiger partial charge in [-0.2, -0.15) is 0 Å². The largest absolute Gasteiger partial charge is 0.492 e. The van der Waals surface area contributed by atoms with Crippen LogP contribution < -0.4 is 14.8 Å². The number of benzene rings is 2. The number of carbonyl (C=O) groups excluding carboxylic acids is 1. The molecule has 128 valence electrons. The van der Waals surface area contributed by atoms with Gasteiger partial charge in [0, 0.05) is 5.56 Å². The molecule has 0 aromatic heterocycles. The molecule has 2 aromatic rings. The topological polar surface area (TPSA) is 47.6 Å². The summed E-state index contributed by atoms with van der Waals surface area (Å²) in [7, 11) is 1.55. The highest BCUT2D eigenvalue weighted by molar-refractivity contribution is 9.10. The predicted molar refractivity (Wildman–Crippen MR) is 101 cm³/mol. The Morgan fingerprint density at radius 1 is 1.25 bits per heavy atom. The molecular weight excluding hydrogens is 394 g/mol. The van der Waals surface area contributed by atoms with Gasteiger partial charge in [0.15, 0.2) is 11.5 Å². The Morgan fingerprint density at radius 2 is 1.96 bits per heavy atom. The van der Waals surface area contributed by atoms with Crippen molar-refractivity contribution in [3.63, 3.8) is 0 Å². The van der Waals surface area contributed by atoms with E-state index in [9.17, 15) is 4.79 Å². The molecule has 1 amide bonds. The number of amides is 1. The van der Waals surface area contributed by atoms with Crippen LogP contribution in [0.15, 0.2) is 28.7 Å². The highest BCUT2D eigenvalue weighted by Gasteiger charge is 2.17. The molecule has 1 N–H and O–H groups in total. The number of halogens is 2. The Balaban J connectivity index is 2.37. The molecule has 0 atom stereocenters. The van der Waals surface area contributed by atoms with Crippen LogP contribution in [-0.4, -0.2) is 19.6 Å². The van der Waals surface area contributed by atoms with E-state index in [0.29, 0.717) is 38.9 Å². The Kier molecular flexibility index (Phi) is 6.13. The first kappa shape index (κ1) is 18.6. The van der Waals surface area contributed by atoms with Crippen molar-refractivity contribution in [2.75, 3.05) is 19.0 Å². The molecule has 0 spiro atoms. The van der Waals surface area contributed by atoms with Crippen molar-refractivity contribution in [2.24, 2.45) is 0 Å². The normalized spacial score (nSPS) is 10.4. The second kappa shape index (κ2) is 7.90. The zero-order valence-corrected chi connectivity index (χ0v) is 16.3. The molecule has 0 bridgehead atoms. The minimum atomic E-state index is -0.270. The van der Waals surface area contributed by atoms with Crippen molar-refractivity contribution in [1.29, 1.82) is 0 Å². The standard InChI is InChI=1S/C18H19BrClNO3/c1-5-24-15-9-12(8-13(19)17(15)23-4)18(22)21-16-11(3)6-10(2)7-14(16)20/h6-9H,5H2,1-4H3,(H,21,22). The van der Waals surface area contributed by atoms with Gasteiger partial charge >= 0.3 is 0 Å². The number of ether oxygens (including phenoxy) is 2. The fraction of sp³-hybridized carbons (Fsp3) is 0.278. The molecule has 0 aliphatic rings. The van der Waals surface area contributed by atoms with E-state index in [-0.39, 0.29) is 5.91 Å². The second-order valence-corrected chi connectivity index (χ2v) is 6.58. The Bertz CT molecular complexity index is 754. The molecule has 0 aliphatic heterocycles. The lowest BCUT2D eigenvalue weighted by atomic mass is 10.1. The van der Waals surface area contributed by atoms with E-state index in [2.05, 4.69) is 21.2 Å². The monoisotopic (exact) mass is 411 g/mol. The van der Waals surface area contributed by atoms with E-state index in [4.69, 9.17) is 21.1 Å². The fourth-order valence-corrected chi connectivity index (χ4v) is 3.39. The Morgan fingerprint density at radius 3 is 2.54 bits per heavy atom. The summed E-state index contributed by atoms with van der Waals surface area (Å²) in [5.74, 6) is 0.789. The SMILES string of the molecule is CCOc1cc(C(=O)Nc2c(C)cc(C)cc2Cl)cc(Br)c1OC. The van der Waals surface area contributed by atoms with E-state index in [0.717, 1.165) is 11.1 Å². The first-order chi connectivity index (χ1) is 11.4. The minimum Gasteiger partial charge on any atom is -0.492 e.